The molecule has 1 unspecified atom stereocenters. The maximum absolute atomic E-state index is 13.4. The van der Waals surface area contributed by atoms with Gasteiger partial charge in [0.1, 0.15) is 23.0 Å². The number of piperidine rings is 1. The van der Waals surface area contributed by atoms with E-state index >= 15 is 0 Å². The van der Waals surface area contributed by atoms with Gasteiger partial charge in [-0.2, -0.15) is 0 Å². The summed E-state index contributed by atoms with van der Waals surface area (Å²) in [4.78, 5) is 11.7. The molecule has 1 saturated heterocycles. The summed E-state index contributed by atoms with van der Waals surface area (Å²) in [5.41, 5.74) is -0.729. The molecular weight excluding hydrogens is 269 g/mol. The molecule has 6 heteroatoms. The van der Waals surface area contributed by atoms with Crippen LogP contribution in [0.3, 0.4) is 0 Å². The average molecular weight is 286 g/mol. The summed E-state index contributed by atoms with van der Waals surface area (Å²) in [6.45, 7) is 2.26. The maximum atomic E-state index is 13.4. The number of rotatable bonds is 4. The molecule has 1 aliphatic rings. The summed E-state index contributed by atoms with van der Waals surface area (Å²) in [5, 5.41) is 5.73. The lowest BCUT2D eigenvalue weighted by atomic mass is 9.96. The van der Waals surface area contributed by atoms with Gasteiger partial charge in [-0.3, -0.25) is 4.79 Å². The van der Waals surface area contributed by atoms with Gasteiger partial charge in [-0.05, 0) is 38.3 Å². The molecule has 1 atom stereocenters. The summed E-state index contributed by atoms with van der Waals surface area (Å²) in [6, 6.07) is 1.01. The predicted octanol–water partition coefficient (Wildman–Crippen LogP) is 2.22. The molecule has 0 aromatic heterocycles. The number of hydrogen-bond acceptors (Lipinski definition) is 2. The quantitative estimate of drug-likeness (QED) is 0.891. The molecule has 1 aromatic carbocycles. The van der Waals surface area contributed by atoms with E-state index in [0.717, 1.165) is 32.4 Å². The molecule has 1 aromatic rings. The van der Waals surface area contributed by atoms with Crippen LogP contribution in [0.4, 0.5) is 13.2 Å². The van der Waals surface area contributed by atoms with Gasteiger partial charge in [0, 0.05) is 18.7 Å². The van der Waals surface area contributed by atoms with Crippen LogP contribution in [-0.4, -0.2) is 25.5 Å². The van der Waals surface area contributed by atoms with Crippen LogP contribution in [0.2, 0.25) is 0 Å². The third kappa shape index (κ3) is 3.72. The van der Waals surface area contributed by atoms with E-state index in [1.54, 1.807) is 0 Å². The van der Waals surface area contributed by atoms with Gasteiger partial charge in [0.25, 0.3) is 5.91 Å². The molecule has 1 aliphatic heterocycles. The number of nitrogens with one attached hydrogen (secondary N) is 2. The van der Waals surface area contributed by atoms with Crippen LogP contribution in [-0.2, 0) is 0 Å². The second kappa shape index (κ2) is 6.74. The SMILES string of the molecule is O=C(NCCC1CCCNC1)c1c(F)cc(F)cc1F. The van der Waals surface area contributed by atoms with Crippen LogP contribution in [0, 0.1) is 23.4 Å². The molecule has 0 spiro atoms. The van der Waals surface area contributed by atoms with Crippen LogP contribution in [0.25, 0.3) is 0 Å². The largest absolute Gasteiger partial charge is 0.352 e. The van der Waals surface area contributed by atoms with Crippen molar-refractivity contribution in [1.29, 1.82) is 0 Å². The first-order valence-corrected chi connectivity index (χ1v) is 6.71. The smallest absolute Gasteiger partial charge is 0.257 e. The van der Waals surface area contributed by atoms with E-state index < -0.39 is 28.9 Å². The molecule has 0 bridgehead atoms. The number of halogens is 3. The zero-order valence-electron chi connectivity index (χ0n) is 11.0. The van der Waals surface area contributed by atoms with Gasteiger partial charge in [-0.15, -0.1) is 0 Å². The first-order chi connectivity index (χ1) is 9.58. The first-order valence-electron chi connectivity index (χ1n) is 6.71. The summed E-state index contributed by atoms with van der Waals surface area (Å²) in [7, 11) is 0. The van der Waals surface area contributed by atoms with E-state index in [2.05, 4.69) is 10.6 Å². The van der Waals surface area contributed by atoms with Crippen LogP contribution >= 0.6 is 0 Å². The van der Waals surface area contributed by atoms with E-state index in [4.69, 9.17) is 0 Å². The van der Waals surface area contributed by atoms with Gasteiger partial charge in [0.15, 0.2) is 0 Å². The van der Waals surface area contributed by atoms with Gasteiger partial charge >= 0.3 is 0 Å². The van der Waals surface area contributed by atoms with Gasteiger partial charge in [-0.25, -0.2) is 13.2 Å². The van der Waals surface area contributed by atoms with Crippen molar-refractivity contribution in [2.24, 2.45) is 5.92 Å². The van der Waals surface area contributed by atoms with Crippen molar-refractivity contribution in [1.82, 2.24) is 10.6 Å². The Balaban J connectivity index is 1.88. The number of carbonyl (C=O) groups is 1. The summed E-state index contributed by atoms with van der Waals surface area (Å²) < 4.78 is 39.5. The van der Waals surface area contributed by atoms with Crippen molar-refractivity contribution < 1.29 is 18.0 Å². The minimum absolute atomic E-state index is 0.349. The van der Waals surface area contributed by atoms with E-state index in [9.17, 15) is 18.0 Å². The fraction of sp³-hybridized carbons (Fsp3) is 0.500. The third-order valence-corrected chi connectivity index (χ3v) is 3.47. The Hall–Kier alpha value is -1.56. The Morgan fingerprint density at radius 2 is 2.00 bits per heavy atom. The second-order valence-corrected chi connectivity index (χ2v) is 5.00. The Bertz CT molecular complexity index is 464. The van der Waals surface area contributed by atoms with Crippen molar-refractivity contribution in [3.63, 3.8) is 0 Å². The number of amides is 1. The third-order valence-electron chi connectivity index (χ3n) is 3.47. The predicted molar refractivity (Wildman–Crippen MR) is 68.9 cm³/mol. The highest BCUT2D eigenvalue weighted by molar-refractivity contribution is 5.94. The molecule has 20 heavy (non-hydrogen) atoms. The van der Waals surface area contributed by atoms with Gasteiger partial charge in [0.2, 0.25) is 0 Å². The first kappa shape index (κ1) is 14.8. The number of benzene rings is 1. The Morgan fingerprint density at radius 3 is 2.60 bits per heavy atom. The van der Waals surface area contributed by atoms with Gasteiger partial charge < -0.3 is 10.6 Å². The van der Waals surface area contributed by atoms with Crippen LogP contribution in [0.15, 0.2) is 12.1 Å². The Kier molecular flexibility index (Phi) is 5.00. The van der Waals surface area contributed by atoms with Crippen LogP contribution in [0.1, 0.15) is 29.6 Å². The van der Waals surface area contributed by atoms with Gasteiger partial charge in [0.05, 0.1) is 0 Å². The average Bonchev–Trinajstić information content (AvgIpc) is 2.38. The second-order valence-electron chi connectivity index (χ2n) is 5.00. The van der Waals surface area contributed by atoms with Crippen molar-refractivity contribution in [2.45, 2.75) is 19.3 Å². The minimum atomic E-state index is -1.18. The highest BCUT2D eigenvalue weighted by Gasteiger charge is 2.19. The Morgan fingerprint density at radius 1 is 1.30 bits per heavy atom. The molecule has 1 fully saturated rings. The van der Waals surface area contributed by atoms with Crippen LogP contribution in [0.5, 0.6) is 0 Å². The van der Waals surface area contributed by atoms with Crippen molar-refractivity contribution in [2.75, 3.05) is 19.6 Å². The minimum Gasteiger partial charge on any atom is -0.352 e. The molecule has 1 heterocycles. The number of carbonyl (C=O) groups excluding carboxylic acids is 1. The van der Waals surface area contributed by atoms with Crippen molar-refractivity contribution in [3.05, 3.63) is 35.1 Å². The van der Waals surface area contributed by atoms with Gasteiger partial charge in [-0.1, -0.05) is 0 Å². The zero-order valence-corrected chi connectivity index (χ0v) is 11.0. The lowest BCUT2D eigenvalue weighted by Gasteiger charge is -2.22. The standard InChI is InChI=1S/C14H17F3N2O/c15-10-6-11(16)13(12(17)7-10)14(20)19-5-3-9-2-1-4-18-8-9/h6-7,9,18H,1-5,8H2,(H,19,20). The fourth-order valence-electron chi connectivity index (χ4n) is 2.41. The van der Waals surface area contributed by atoms with Crippen molar-refractivity contribution >= 4 is 5.91 Å². The summed E-state index contributed by atoms with van der Waals surface area (Å²) >= 11 is 0. The van der Waals surface area contributed by atoms with E-state index in [0.29, 0.717) is 24.6 Å². The zero-order chi connectivity index (χ0) is 14.5. The molecule has 0 radical (unpaired) electrons. The maximum Gasteiger partial charge on any atom is 0.257 e. The topological polar surface area (TPSA) is 41.1 Å². The van der Waals surface area contributed by atoms with Crippen LogP contribution < -0.4 is 10.6 Å². The molecule has 2 rings (SSSR count). The molecule has 110 valence electrons. The molecular formula is C14H17F3N2O. The molecule has 1 amide bonds. The molecule has 0 aliphatic carbocycles. The Labute approximate surface area is 115 Å². The summed E-state index contributed by atoms with van der Waals surface area (Å²) in [6.07, 6.45) is 2.94. The van der Waals surface area contributed by atoms with E-state index in [1.807, 2.05) is 0 Å². The van der Waals surface area contributed by atoms with E-state index in [-0.39, 0.29) is 0 Å². The lowest BCUT2D eigenvalue weighted by molar-refractivity contribution is 0.0942. The summed E-state index contributed by atoms with van der Waals surface area (Å²) in [5.74, 6) is -3.78. The highest BCUT2D eigenvalue weighted by Crippen LogP contribution is 2.16. The normalized spacial score (nSPS) is 18.9. The number of hydrogen-bond donors (Lipinski definition) is 2. The molecule has 3 nitrogen and oxygen atoms in total. The van der Waals surface area contributed by atoms with E-state index in [1.165, 1.54) is 0 Å². The fourth-order valence-corrected chi connectivity index (χ4v) is 2.41. The molecule has 0 saturated carbocycles. The van der Waals surface area contributed by atoms with Crippen molar-refractivity contribution in [3.8, 4) is 0 Å². The highest BCUT2D eigenvalue weighted by atomic mass is 19.1. The lowest BCUT2D eigenvalue weighted by Crippen LogP contribution is -2.33. The molecule has 2 N–H and O–H groups in total. The monoisotopic (exact) mass is 286 g/mol.